The molecule has 1 aliphatic rings. The van der Waals surface area contributed by atoms with Crippen molar-refractivity contribution >= 4 is 21.6 Å². The average Bonchev–Trinajstić information content (AvgIpc) is 3.02. The molecule has 1 aromatic carbocycles. The Labute approximate surface area is 144 Å². The van der Waals surface area contributed by atoms with Crippen molar-refractivity contribution in [2.24, 2.45) is 17.6 Å². The second-order valence-corrected chi connectivity index (χ2v) is 7.75. The normalized spacial score (nSPS) is 21.3. The van der Waals surface area contributed by atoms with E-state index in [4.69, 9.17) is 5.73 Å². The highest BCUT2D eigenvalue weighted by Crippen LogP contribution is 2.32. The molecule has 2 atom stereocenters. The van der Waals surface area contributed by atoms with Gasteiger partial charge in [-0.3, -0.25) is 4.79 Å². The van der Waals surface area contributed by atoms with Crippen LogP contribution in [0.1, 0.15) is 19.3 Å². The van der Waals surface area contributed by atoms with Gasteiger partial charge in [0.05, 0.1) is 4.90 Å². The van der Waals surface area contributed by atoms with Crippen LogP contribution in [0.5, 0.6) is 0 Å². The molecule has 0 saturated heterocycles. The smallest absolute Gasteiger partial charge is 0.330 e. The predicted molar refractivity (Wildman–Crippen MR) is 86.2 cm³/mol. The number of rotatable bonds is 6. The summed E-state index contributed by atoms with van der Waals surface area (Å²) in [5.74, 6) is -0.230. The lowest BCUT2D eigenvalue weighted by Gasteiger charge is -2.17. The molecular formula is C15H20F3N3O3S. The van der Waals surface area contributed by atoms with Crippen molar-refractivity contribution in [1.29, 1.82) is 0 Å². The van der Waals surface area contributed by atoms with Crippen LogP contribution in [0.15, 0.2) is 29.2 Å². The number of carbonyl (C=O) groups is 1. The third-order valence-corrected chi connectivity index (χ3v) is 5.61. The minimum absolute atomic E-state index is 0.131. The highest BCUT2D eigenvalue weighted by molar-refractivity contribution is 7.89. The van der Waals surface area contributed by atoms with Crippen molar-refractivity contribution in [2.45, 2.75) is 30.3 Å². The van der Waals surface area contributed by atoms with Gasteiger partial charge in [0, 0.05) is 11.6 Å². The lowest BCUT2D eigenvalue weighted by Crippen LogP contribution is -2.33. The van der Waals surface area contributed by atoms with E-state index in [9.17, 15) is 26.4 Å². The molecule has 140 valence electrons. The number of hydrogen-bond acceptors (Lipinski definition) is 4. The number of sulfonamides is 1. The van der Waals surface area contributed by atoms with Gasteiger partial charge in [0.25, 0.3) is 0 Å². The highest BCUT2D eigenvalue weighted by Gasteiger charge is 2.32. The van der Waals surface area contributed by atoms with E-state index in [0.29, 0.717) is 12.2 Å². The predicted octanol–water partition coefficient (Wildman–Crippen LogP) is 1.84. The van der Waals surface area contributed by atoms with E-state index in [1.807, 2.05) is 0 Å². The number of amides is 1. The number of nitrogens with one attached hydrogen (secondary N) is 2. The Morgan fingerprint density at radius 2 is 1.84 bits per heavy atom. The van der Waals surface area contributed by atoms with Crippen LogP contribution in [0, 0.1) is 11.8 Å². The van der Waals surface area contributed by atoms with E-state index in [2.05, 4.69) is 5.32 Å². The lowest BCUT2D eigenvalue weighted by molar-refractivity contribution is -0.121. The van der Waals surface area contributed by atoms with Crippen LogP contribution < -0.4 is 15.8 Å². The van der Waals surface area contributed by atoms with Gasteiger partial charge in [-0.2, -0.15) is 13.2 Å². The largest absolute Gasteiger partial charge is 0.402 e. The van der Waals surface area contributed by atoms with Crippen molar-refractivity contribution in [3.8, 4) is 0 Å². The monoisotopic (exact) mass is 379 g/mol. The fourth-order valence-corrected chi connectivity index (χ4v) is 3.89. The molecule has 1 saturated carbocycles. The SMILES string of the molecule is NC[C@H]1CCC[C@H]1C(=O)Nc1ccc(S(=O)(=O)NCC(F)(F)F)cc1. The van der Waals surface area contributed by atoms with Gasteiger partial charge in [-0.05, 0) is 49.6 Å². The molecule has 10 heteroatoms. The Morgan fingerprint density at radius 1 is 1.20 bits per heavy atom. The molecule has 2 rings (SSSR count). The summed E-state index contributed by atoms with van der Waals surface area (Å²) in [5, 5.41) is 2.69. The summed E-state index contributed by atoms with van der Waals surface area (Å²) in [5.41, 5.74) is 6.03. The van der Waals surface area contributed by atoms with Gasteiger partial charge in [-0.1, -0.05) is 6.42 Å². The minimum Gasteiger partial charge on any atom is -0.330 e. The number of carbonyl (C=O) groups excluding carboxylic acids is 1. The fourth-order valence-electron chi connectivity index (χ4n) is 2.88. The number of benzene rings is 1. The van der Waals surface area contributed by atoms with Gasteiger partial charge in [0.15, 0.2) is 0 Å². The van der Waals surface area contributed by atoms with E-state index >= 15 is 0 Å². The summed E-state index contributed by atoms with van der Waals surface area (Å²) in [4.78, 5) is 11.9. The van der Waals surface area contributed by atoms with Gasteiger partial charge < -0.3 is 11.1 Å². The Kier molecular flexibility index (Phi) is 6.07. The number of alkyl halides is 3. The number of halogens is 3. The zero-order chi connectivity index (χ0) is 18.7. The second-order valence-electron chi connectivity index (χ2n) is 5.99. The molecule has 0 spiro atoms. The molecule has 6 nitrogen and oxygen atoms in total. The first-order chi connectivity index (χ1) is 11.6. The summed E-state index contributed by atoms with van der Waals surface area (Å²) in [6, 6.07) is 4.96. The van der Waals surface area contributed by atoms with Gasteiger partial charge in [-0.15, -0.1) is 0 Å². The maximum absolute atomic E-state index is 12.3. The Bertz CT molecular complexity index is 705. The molecule has 0 heterocycles. The minimum atomic E-state index is -4.64. The average molecular weight is 379 g/mol. The quantitative estimate of drug-likeness (QED) is 0.702. The number of hydrogen-bond donors (Lipinski definition) is 3. The van der Waals surface area contributed by atoms with Crippen LogP contribution in [0.4, 0.5) is 18.9 Å². The van der Waals surface area contributed by atoms with Crippen LogP contribution in [-0.2, 0) is 14.8 Å². The van der Waals surface area contributed by atoms with Crippen molar-refractivity contribution in [1.82, 2.24) is 4.72 Å². The van der Waals surface area contributed by atoms with Crippen LogP contribution in [-0.4, -0.2) is 33.6 Å². The molecule has 0 bridgehead atoms. The van der Waals surface area contributed by atoms with E-state index in [1.54, 1.807) is 0 Å². The fraction of sp³-hybridized carbons (Fsp3) is 0.533. The van der Waals surface area contributed by atoms with E-state index < -0.39 is 22.7 Å². The molecule has 1 fully saturated rings. The van der Waals surface area contributed by atoms with E-state index in [0.717, 1.165) is 31.4 Å². The Balaban J connectivity index is 2.01. The van der Waals surface area contributed by atoms with Crippen molar-refractivity contribution in [3.63, 3.8) is 0 Å². The molecule has 1 aliphatic carbocycles. The maximum atomic E-state index is 12.3. The summed E-state index contributed by atoms with van der Waals surface area (Å²) in [6.45, 7) is -1.21. The van der Waals surface area contributed by atoms with Gasteiger partial charge >= 0.3 is 6.18 Å². The zero-order valence-corrected chi connectivity index (χ0v) is 14.2. The van der Waals surface area contributed by atoms with Crippen molar-refractivity contribution < 1.29 is 26.4 Å². The Morgan fingerprint density at radius 3 is 2.40 bits per heavy atom. The molecule has 1 aromatic rings. The molecule has 0 aromatic heterocycles. The molecule has 0 unspecified atom stereocenters. The summed E-state index contributed by atoms with van der Waals surface area (Å²) >= 11 is 0. The number of nitrogens with two attached hydrogens (primary N) is 1. The first-order valence-corrected chi connectivity index (χ1v) is 9.28. The third kappa shape index (κ3) is 5.41. The van der Waals surface area contributed by atoms with Crippen LogP contribution in [0.2, 0.25) is 0 Å². The van der Waals surface area contributed by atoms with Crippen molar-refractivity contribution in [2.75, 3.05) is 18.4 Å². The maximum Gasteiger partial charge on any atom is 0.402 e. The highest BCUT2D eigenvalue weighted by atomic mass is 32.2. The lowest BCUT2D eigenvalue weighted by atomic mass is 9.95. The van der Waals surface area contributed by atoms with Crippen LogP contribution in [0.3, 0.4) is 0 Å². The van der Waals surface area contributed by atoms with E-state index in [1.165, 1.54) is 16.9 Å². The molecule has 4 N–H and O–H groups in total. The molecule has 0 aliphatic heterocycles. The van der Waals surface area contributed by atoms with Crippen molar-refractivity contribution in [3.05, 3.63) is 24.3 Å². The Hall–Kier alpha value is -1.65. The number of anilines is 1. The van der Waals surface area contributed by atoms with Crippen LogP contribution in [0.25, 0.3) is 0 Å². The zero-order valence-electron chi connectivity index (χ0n) is 13.3. The topological polar surface area (TPSA) is 101 Å². The molecule has 1 amide bonds. The summed E-state index contributed by atoms with van der Waals surface area (Å²) in [6.07, 6.45) is -2.05. The molecule has 25 heavy (non-hydrogen) atoms. The second kappa shape index (κ2) is 7.71. The van der Waals surface area contributed by atoms with E-state index in [-0.39, 0.29) is 22.6 Å². The van der Waals surface area contributed by atoms with Gasteiger partial charge in [-0.25, -0.2) is 13.1 Å². The summed E-state index contributed by atoms with van der Waals surface area (Å²) in [7, 11) is -4.27. The first kappa shape index (κ1) is 19.7. The first-order valence-electron chi connectivity index (χ1n) is 7.80. The van der Waals surface area contributed by atoms with Gasteiger partial charge in [0.2, 0.25) is 15.9 Å². The molecular weight excluding hydrogens is 359 g/mol. The van der Waals surface area contributed by atoms with Crippen LogP contribution >= 0.6 is 0 Å². The summed E-state index contributed by atoms with van der Waals surface area (Å²) < 4.78 is 61.5. The molecule has 0 radical (unpaired) electrons. The third-order valence-electron chi connectivity index (χ3n) is 4.19. The van der Waals surface area contributed by atoms with Gasteiger partial charge in [0.1, 0.15) is 6.54 Å². The standard InChI is InChI=1S/C15H20F3N3O3S/c16-15(17,18)9-20-25(23,24)12-6-4-11(5-7-12)21-14(22)13-3-1-2-10(13)8-19/h4-7,10,13,20H,1-3,8-9,19H2,(H,21,22)/t10-,13-/m1/s1.